The second-order valence-electron chi connectivity index (χ2n) is 5.58. The summed E-state index contributed by atoms with van der Waals surface area (Å²) in [6.45, 7) is 6.51. The van der Waals surface area contributed by atoms with E-state index in [1.165, 1.54) is 0 Å². The van der Waals surface area contributed by atoms with E-state index in [0.29, 0.717) is 13.1 Å². The molecule has 20 heavy (non-hydrogen) atoms. The second kappa shape index (κ2) is 7.38. The quantitative estimate of drug-likeness (QED) is 0.817. The molecule has 1 N–H and O–H groups in total. The fourth-order valence-electron chi connectivity index (χ4n) is 2.86. The van der Waals surface area contributed by atoms with E-state index < -0.39 is 10.2 Å². The fourth-order valence-corrected chi connectivity index (χ4v) is 4.61. The maximum absolute atomic E-state index is 12.7. The molecule has 0 saturated carbocycles. The van der Waals surface area contributed by atoms with Crippen molar-refractivity contribution in [3.63, 3.8) is 0 Å². The third kappa shape index (κ3) is 4.05. The van der Waals surface area contributed by atoms with Gasteiger partial charge in [-0.1, -0.05) is 0 Å². The molecular formula is C12H26ClN3O3S. The Labute approximate surface area is 128 Å². The summed E-state index contributed by atoms with van der Waals surface area (Å²) in [6, 6.07) is 0.111. The molecule has 2 aliphatic heterocycles. The van der Waals surface area contributed by atoms with Gasteiger partial charge in [0.1, 0.15) is 0 Å². The number of nitrogens with one attached hydrogen (secondary N) is 1. The number of rotatable bonds is 3. The van der Waals surface area contributed by atoms with Gasteiger partial charge in [-0.3, -0.25) is 0 Å². The zero-order valence-corrected chi connectivity index (χ0v) is 14.0. The lowest BCUT2D eigenvalue weighted by atomic mass is 10.1. The summed E-state index contributed by atoms with van der Waals surface area (Å²) in [5.74, 6) is 0. The minimum absolute atomic E-state index is 0. The summed E-state index contributed by atoms with van der Waals surface area (Å²) < 4.78 is 34.0. The highest BCUT2D eigenvalue weighted by molar-refractivity contribution is 7.86. The Kier molecular flexibility index (Phi) is 6.69. The number of hydrogen-bond acceptors (Lipinski definition) is 4. The topological polar surface area (TPSA) is 61.9 Å². The summed E-state index contributed by atoms with van der Waals surface area (Å²) >= 11 is 0. The van der Waals surface area contributed by atoms with E-state index in [1.54, 1.807) is 15.7 Å². The molecule has 2 atom stereocenters. The molecule has 2 fully saturated rings. The molecule has 0 aromatic carbocycles. The smallest absolute Gasteiger partial charge is 0.282 e. The highest BCUT2D eigenvalue weighted by Gasteiger charge is 2.36. The number of morpholine rings is 1. The third-order valence-corrected chi connectivity index (χ3v) is 5.88. The van der Waals surface area contributed by atoms with Gasteiger partial charge in [-0.25, -0.2) is 0 Å². The van der Waals surface area contributed by atoms with E-state index in [-0.39, 0.29) is 30.7 Å². The SMILES string of the molecule is CC1CN(S(=O)(=O)N(C)C2CCNCC2)CC(C)O1.Cl. The van der Waals surface area contributed by atoms with Crippen LogP contribution in [0.4, 0.5) is 0 Å². The van der Waals surface area contributed by atoms with Crippen LogP contribution in [-0.4, -0.2) is 68.5 Å². The standard InChI is InChI=1S/C12H25N3O3S.ClH/c1-10-8-15(9-11(2)18-10)19(16,17)14(3)12-4-6-13-7-5-12;/h10-13H,4-9H2,1-3H3;1H. The molecule has 0 radical (unpaired) electrons. The molecule has 2 unspecified atom stereocenters. The van der Waals surface area contributed by atoms with Crippen LogP contribution in [0.1, 0.15) is 26.7 Å². The number of piperidine rings is 1. The number of nitrogens with zero attached hydrogens (tertiary/aromatic N) is 2. The molecule has 8 heteroatoms. The molecule has 2 aliphatic rings. The van der Waals surface area contributed by atoms with E-state index in [4.69, 9.17) is 4.74 Å². The maximum atomic E-state index is 12.7. The summed E-state index contributed by atoms with van der Waals surface area (Å²) in [5.41, 5.74) is 0. The number of halogens is 1. The Morgan fingerprint density at radius 2 is 1.65 bits per heavy atom. The Bertz CT molecular complexity index is 391. The van der Waals surface area contributed by atoms with E-state index in [0.717, 1.165) is 25.9 Å². The van der Waals surface area contributed by atoms with Crippen molar-refractivity contribution in [3.8, 4) is 0 Å². The second-order valence-corrected chi connectivity index (χ2v) is 7.57. The molecule has 120 valence electrons. The van der Waals surface area contributed by atoms with Crippen LogP contribution in [-0.2, 0) is 14.9 Å². The first kappa shape index (κ1) is 18.1. The van der Waals surface area contributed by atoms with Crippen molar-refractivity contribution in [2.24, 2.45) is 0 Å². The van der Waals surface area contributed by atoms with Gasteiger partial charge in [-0.2, -0.15) is 17.0 Å². The van der Waals surface area contributed by atoms with Crippen LogP contribution < -0.4 is 5.32 Å². The average molecular weight is 328 g/mol. The predicted molar refractivity (Wildman–Crippen MR) is 81.4 cm³/mol. The monoisotopic (exact) mass is 327 g/mol. The number of hydrogen-bond donors (Lipinski definition) is 1. The zero-order valence-electron chi connectivity index (χ0n) is 12.4. The van der Waals surface area contributed by atoms with Crippen LogP contribution in [0.2, 0.25) is 0 Å². The Hall–Kier alpha value is 0.0800. The van der Waals surface area contributed by atoms with Gasteiger partial charge in [0, 0.05) is 26.2 Å². The van der Waals surface area contributed by atoms with Gasteiger partial charge in [0.2, 0.25) is 0 Å². The summed E-state index contributed by atoms with van der Waals surface area (Å²) in [5, 5.41) is 3.26. The third-order valence-electron chi connectivity index (χ3n) is 3.90. The first-order valence-electron chi connectivity index (χ1n) is 7.00. The molecule has 0 aliphatic carbocycles. The Morgan fingerprint density at radius 1 is 1.15 bits per heavy atom. The lowest BCUT2D eigenvalue weighted by molar-refractivity contribution is -0.0456. The maximum Gasteiger partial charge on any atom is 0.282 e. The lowest BCUT2D eigenvalue weighted by Crippen LogP contribution is -2.55. The van der Waals surface area contributed by atoms with Gasteiger partial charge in [0.25, 0.3) is 10.2 Å². The van der Waals surface area contributed by atoms with Crippen LogP contribution in [0.5, 0.6) is 0 Å². The van der Waals surface area contributed by atoms with E-state index in [2.05, 4.69) is 5.32 Å². The van der Waals surface area contributed by atoms with Crippen molar-refractivity contribution in [1.29, 1.82) is 0 Å². The molecule has 0 aromatic heterocycles. The Morgan fingerprint density at radius 3 is 2.15 bits per heavy atom. The van der Waals surface area contributed by atoms with Crippen LogP contribution >= 0.6 is 12.4 Å². The minimum Gasteiger partial charge on any atom is -0.373 e. The van der Waals surface area contributed by atoms with Crippen LogP contribution in [0.25, 0.3) is 0 Å². The van der Waals surface area contributed by atoms with E-state index >= 15 is 0 Å². The average Bonchev–Trinajstić information content (AvgIpc) is 2.37. The highest BCUT2D eigenvalue weighted by atomic mass is 35.5. The van der Waals surface area contributed by atoms with Crippen LogP contribution in [0.15, 0.2) is 0 Å². The predicted octanol–water partition coefficient (Wildman–Crippen LogP) is 0.446. The van der Waals surface area contributed by atoms with Crippen LogP contribution in [0, 0.1) is 0 Å². The highest BCUT2D eigenvalue weighted by Crippen LogP contribution is 2.20. The first-order valence-corrected chi connectivity index (χ1v) is 8.40. The molecule has 0 amide bonds. The fraction of sp³-hybridized carbons (Fsp3) is 1.00. The van der Waals surface area contributed by atoms with Gasteiger partial charge < -0.3 is 10.1 Å². The molecular weight excluding hydrogens is 302 g/mol. The van der Waals surface area contributed by atoms with Gasteiger partial charge in [0.15, 0.2) is 0 Å². The van der Waals surface area contributed by atoms with Crippen molar-refractivity contribution >= 4 is 22.6 Å². The number of ether oxygens (including phenoxy) is 1. The summed E-state index contributed by atoms with van der Waals surface area (Å²) in [7, 11) is -1.66. The minimum atomic E-state index is -3.37. The first-order chi connectivity index (χ1) is 8.91. The molecule has 2 saturated heterocycles. The molecule has 6 nitrogen and oxygen atoms in total. The van der Waals surface area contributed by atoms with E-state index in [9.17, 15) is 8.42 Å². The van der Waals surface area contributed by atoms with Gasteiger partial charge >= 0.3 is 0 Å². The molecule has 2 rings (SSSR count). The Balaban J connectivity index is 0.00000200. The largest absolute Gasteiger partial charge is 0.373 e. The molecule has 2 heterocycles. The summed E-state index contributed by atoms with van der Waals surface area (Å²) in [6.07, 6.45) is 1.68. The normalized spacial score (nSPS) is 30.2. The van der Waals surface area contributed by atoms with Crippen molar-refractivity contribution in [2.75, 3.05) is 33.2 Å². The molecule has 0 bridgehead atoms. The van der Waals surface area contributed by atoms with Crippen LogP contribution in [0.3, 0.4) is 0 Å². The lowest BCUT2D eigenvalue weighted by Gasteiger charge is -2.39. The van der Waals surface area contributed by atoms with Crippen molar-refractivity contribution in [3.05, 3.63) is 0 Å². The summed E-state index contributed by atoms with van der Waals surface area (Å²) in [4.78, 5) is 0. The molecule has 0 aromatic rings. The molecule has 0 spiro atoms. The van der Waals surface area contributed by atoms with E-state index in [1.807, 2.05) is 13.8 Å². The van der Waals surface area contributed by atoms with Gasteiger partial charge in [-0.15, -0.1) is 12.4 Å². The van der Waals surface area contributed by atoms with Crippen molar-refractivity contribution < 1.29 is 13.2 Å². The van der Waals surface area contributed by atoms with Crippen molar-refractivity contribution in [2.45, 2.75) is 44.9 Å². The van der Waals surface area contributed by atoms with Gasteiger partial charge in [-0.05, 0) is 39.8 Å². The van der Waals surface area contributed by atoms with Crippen molar-refractivity contribution in [1.82, 2.24) is 13.9 Å². The zero-order chi connectivity index (χ0) is 14.0. The van der Waals surface area contributed by atoms with Gasteiger partial charge in [0.05, 0.1) is 12.2 Å².